The Kier molecular flexibility index (Phi) is 3.51. The molecule has 5 nitrogen and oxygen atoms in total. The Balaban J connectivity index is 2.36. The van der Waals surface area contributed by atoms with E-state index in [-0.39, 0.29) is 18.3 Å². The molecule has 0 spiro atoms. The van der Waals surface area contributed by atoms with Crippen molar-refractivity contribution >= 4 is 15.9 Å². The summed E-state index contributed by atoms with van der Waals surface area (Å²) in [5.74, 6) is -0.0702. The standard InChI is InChI=1S/C10H9BrFN3O2/c11-6-1-5(2-7(12)3-6)9-14-10(17-15-9)8(13)4-16/h1-3,8,16H,4,13H2/t8-/m1/s1. The molecule has 2 aromatic rings. The topological polar surface area (TPSA) is 85.2 Å². The molecule has 0 aliphatic carbocycles. The van der Waals surface area contributed by atoms with Gasteiger partial charge in [0.15, 0.2) is 0 Å². The second-order valence-corrected chi connectivity index (χ2v) is 4.32. The maximum atomic E-state index is 13.2. The normalized spacial score (nSPS) is 12.7. The van der Waals surface area contributed by atoms with Crippen LogP contribution in [0.4, 0.5) is 4.39 Å². The van der Waals surface area contributed by atoms with Gasteiger partial charge in [0.25, 0.3) is 0 Å². The van der Waals surface area contributed by atoms with Crippen LogP contribution in [0.15, 0.2) is 27.2 Å². The lowest BCUT2D eigenvalue weighted by Gasteiger charge is -1.99. The van der Waals surface area contributed by atoms with Crippen LogP contribution in [0.1, 0.15) is 11.9 Å². The van der Waals surface area contributed by atoms with Gasteiger partial charge in [0.2, 0.25) is 11.7 Å². The molecule has 0 aliphatic rings. The Bertz CT molecular complexity index is 512. The van der Waals surface area contributed by atoms with Crippen molar-refractivity contribution in [2.75, 3.05) is 6.61 Å². The molecule has 90 valence electrons. The number of aromatic nitrogens is 2. The fourth-order valence-corrected chi connectivity index (χ4v) is 1.73. The van der Waals surface area contributed by atoms with Crippen molar-refractivity contribution in [3.63, 3.8) is 0 Å². The second kappa shape index (κ2) is 4.91. The van der Waals surface area contributed by atoms with Crippen LogP contribution in [-0.4, -0.2) is 21.9 Å². The Labute approximate surface area is 105 Å². The molecule has 7 heteroatoms. The van der Waals surface area contributed by atoms with Crippen LogP contribution in [0.3, 0.4) is 0 Å². The Morgan fingerprint density at radius 1 is 1.47 bits per heavy atom. The van der Waals surface area contributed by atoms with E-state index in [4.69, 9.17) is 15.4 Å². The van der Waals surface area contributed by atoms with Gasteiger partial charge in [0.05, 0.1) is 6.61 Å². The molecule has 1 heterocycles. The Morgan fingerprint density at radius 2 is 2.24 bits per heavy atom. The number of nitrogens with zero attached hydrogens (tertiary/aromatic N) is 2. The molecule has 1 aromatic carbocycles. The van der Waals surface area contributed by atoms with E-state index in [0.717, 1.165) is 0 Å². The smallest absolute Gasteiger partial charge is 0.246 e. The average Bonchev–Trinajstić information content (AvgIpc) is 2.76. The molecule has 2 rings (SSSR count). The predicted molar refractivity (Wildman–Crippen MR) is 61.4 cm³/mol. The van der Waals surface area contributed by atoms with Gasteiger partial charge < -0.3 is 15.4 Å². The summed E-state index contributed by atoms with van der Waals surface area (Å²) in [5, 5.41) is 12.5. The highest BCUT2D eigenvalue weighted by atomic mass is 79.9. The van der Waals surface area contributed by atoms with Gasteiger partial charge in [0.1, 0.15) is 11.9 Å². The minimum Gasteiger partial charge on any atom is -0.394 e. The summed E-state index contributed by atoms with van der Waals surface area (Å²) < 4.78 is 18.6. The fraction of sp³-hybridized carbons (Fsp3) is 0.200. The van der Waals surface area contributed by atoms with Gasteiger partial charge in [0, 0.05) is 10.0 Å². The van der Waals surface area contributed by atoms with Crippen LogP contribution in [0.25, 0.3) is 11.4 Å². The first-order chi connectivity index (χ1) is 8.10. The predicted octanol–water partition coefficient (Wildman–Crippen LogP) is 1.63. The first-order valence-corrected chi connectivity index (χ1v) is 5.56. The van der Waals surface area contributed by atoms with E-state index in [1.807, 2.05) is 0 Å². The molecule has 0 unspecified atom stereocenters. The molecule has 0 saturated carbocycles. The minimum atomic E-state index is -0.728. The molecule has 17 heavy (non-hydrogen) atoms. The van der Waals surface area contributed by atoms with Gasteiger partial charge in [-0.25, -0.2) is 4.39 Å². The maximum Gasteiger partial charge on any atom is 0.246 e. The SMILES string of the molecule is N[C@H](CO)c1nc(-c2cc(F)cc(Br)c2)no1. The van der Waals surface area contributed by atoms with Crippen molar-refractivity contribution in [3.8, 4) is 11.4 Å². The van der Waals surface area contributed by atoms with E-state index in [0.29, 0.717) is 10.0 Å². The van der Waals surface area contributed by atoms with Gasteiger partial charge in [-0.3, -0.25) is 0 Å². The second-order valence-electron chi connectivity index (χ2n) is 3.40. The van der Waals surface area contributed by atoms with Crippen molar-refractivity contribution in [1.82, 2.24) is 10.1 Å². The number of nitrogens with two attached hydrogens (primary N) is 1. The quantitative estimate of drug-likeness (QED) is 0.900. The van der Waals surface area contributed by atoms with Crippen molar-refractivity contribution in [3.05, 3.63) is 34.4 Å². The molecule has 0 amide bonds. The summed E-state index contributed by atoms with van der Waals surface area (Å²) >= 11 is 3.17. The van der Waals surface area contributed by atoms with Gasteiger partial charge in [-0.15, -0.1) is 0 Å². The number of rotatable bonds is 3. The highest BCUT2D eigenvalue weighted by Gasteiger charge is 2.15. The Hall–Kier alpha value is -1.31. The number of halogens is 2. The van der Waals surface area contributed by atoms with Gasteiger partial charge in [-0.05, 0) is 18.2 Å². The first kappa shape index (κ1) is 12.2. The van der Waals surface area contributed by atoms with Crippen LogP contribution < -0.4 is 5.73 Å². The lowest BCUT2D eigenvalue weighted by molar-refractivity contribution is 0.237. The molecular formula is C10H9BrFN3O2. The molecule has 0 fully saturated rings. The number of hydrogen-bond donors (Lipinski definition) is 2. The summed E-state index contributed by atoms with van der Waals surface area (Å²) in [7, 11) is 0. The minimum absolute atomic E-state index is 0.114. The lowest BCUT2D eigenvalue weighted by Crippen LogP contribution is -2.14. The molecule has 0 aliphatic heterocycles. The lowest BCUT2D eigenvalue weighted by atomic mass is 10.2. The first-order valence-electron chi connectivity index (χ1n) is 4.76. The number of hydrogen-bond acceptors (Lipinski definition) is 5. The number of aliphatic hydroxyl groups excluding tert-OH is 1. The third-order valence-corrected chi connectivity index (χ3v) is 2.53. The van der Waals surface area contributed by atoms with E-state index in [2.05, 4.69) is 26.1 Å². The largest absolute Gasteiger partial charge is 0.394 e. The molecule has 1 aromatic heterocycles. The average molecular weight is 302 g/mol. The summed E-state index contributed by atoms with van der Waals surface area (Å²) in [4.78, 5) is 3.98. The molecule has 3 N–H and O–H groups in total. The summed E-state index contributed by atoms with van der Waals surface area (Å²) in [6, 6.07) is 3.53. The summed E-state index contributed by atoms with van der Waals surface area (Å²) in [5.41, 5.74) is 5.99. The zero-order chi connectivity index (χ0) is 12.4. The Morgan fingerprint density at radius 3 is 2.88 bits per heavy atom. The third-order valence-electron chi connectivity index (χ3n) is 2.08. The fourth-order valence-electron chi connectivity index (χ4n) is 1.26. The van der Waals surface area contributed by atoms with E-state index in [1.54, 1.807) is 6.07 Å². The van der Waals surface area contributed by atoms with E-state index in [1.165, 1.54) is 12.1 Å². The monoisotopic (exact) mass is 301 g/mol. The highest BCUT2D eigenvalue weighted by Crippen LogP contribution is 2.23. The van der Waals surface area contributed by atoms with Crippen LogP contribution in [0, 0.1) is 5.82 Å². The van der Waals surface area contributed by atoms with Crippen LogP contribution in [-0.2, 0) is 0 Å². The van der Waals surface area contributed by atoms with E-state index in [9.17, 15) is 4.39 Å². The maximum absolute atomic E-state index is 13.2. The van der Waals surface area contributed by atoms with Crippen molar-refractivity contribution in [2.45, 2.75) is 6.04 Å². The number of benzene rings is 1. The molecular weight excluding hydrogens is 293 g/mol. The molecule has 0 saturated heterocycles. The summed E-state index contributed by atoms with van der Waals surface area (Å²) in [6.45, 7) is -0.297. The zero-order valence-electron chi connectivity index (χ0n) is 8.60. The van der Waals surface area contributed by atoms with Gasteiger partial charge in [-0.2, -0.15) is 4.98 Å². The van der Waals surface area contributed by atoms with Crippen LogP contribution >= 0.6 is 15.9 Å². The molecule has 0 bridgehead atoms. The van der Waals surface area contributed by atoms with Crippen molar-refractivity contribution in [1.29, 1.82) is 0 Å². The summed E-state index contributed by atoms with van der Waals surface area (Å²) in [6.07, 6.45) is 0. The van der Waals surface area contributed by atoms with Crippen molar-refractivity contribution in [2.24, 2.45) is 5.73 Å². The molecule has 0 radical (unpaired) electrons. The van der Waals surface area contributed by atoms with Crippen molar-refractivity contribution < 1.29 is 14.0 Å². The molecule has 1 atom stereocenters. The van der Waals surface area contributed by atoms with E-state index < -0.39 is 11.9 Å². The van der Waals surface area contributed by atoms with E-state index >= 15 is 0 Å². The number of aliphatic hydroxyl groups is 1. The highest BCUT2D eigenvalue weighted by molar-refractivity contribution is 9.10. The zero-order valence-corrected chi connectivity index (χ0v) is 10.2. The van der Waals surface area contributed by atoms with Gasteiger partial charge in [-0.1, -0.05) is 21.1 Å². The van der Waals surface area contributed by atoms with Gasteiger partial charge >= 0.3 is 0 Å². The van der Waals surface area contributed by atoms with Crippen LogP contribution in [0.2, 0.25) is 0 Å². The third kappa shape index (κ3) is 2.68. The van der Waals surface area contributed by atoms with Crippen LogP contribution in [0.5, 0.6) is 0 Å².